The van der Waals surface area contributed by atoms with E-state index in [9.17, 15) is 4.79 Å². The second-order valence-electron chi connectivity index (χ2n) is 4.71. The average molecular weight is 233 g/mol. The first-order valence-electron chi connectivity index (χ1n) is 6.16. The molecular formula is C14H19NO2. The second-order valence-corrected chi connectivity index (χ2v) is 4.71. The van der Waals surface area contributed by atoms with E-state index in [0.29, 0.717) is 5.75 Å². The van der Waals surface area contributed by atoms with E-state index in [1.165, 1.54) is 0 Å². The van der Waals surface area contributed by atoms with Crippen LogP contribution in [0.2, 0.25) is 0 Å². The van der Waals surface area contributed by atoms with Crippen molar-refractivity contribution in [3.8, 4) is 5.75 Å². The van der Waals surface area contributed by atoms with Gasteiger partial charge in [-0.05, 0) is 57.0 Å². The van der Waals surface area contributed by atoms with Crippen LogP contribution in [0.1, 0.15) is 24.0 Å². The predicted molar refractivity (Wildman–Crippen MR) is 67.1 cm³/mol. The maximum atomic E-state index is 12.0. The molecule has 0 unspecified atom stereocenters. The van der Waals surface area contributed by atoms with E-state index < -0.39 is 0 Å². The third-order valence-corrected chi connectivity index (χ3v) is 3.23. The Morgan fingerprint density at radius 2 is 2.00 bits per heavy atom. The molecule has 0 amide bonds. The Labute approximate surface area is 102 Å². The standard InChI is InChI=1S/C14H19NO2/c1-10-3-4-11(2)13(9-10)17-14(16)12-5-7-15-8-6-12/h3-4,9,12,15H,5-8H2,1-2H3. The van der Waals surface area contributed by atoms with E-state index in [1.807, 2.05) is 32.0 Å². The van der Waals surface area contributed by atoms with Crippen LogP contribution in [0.3, 0.4) is 0 Å². The van der Waals surface area contributed by atoms with Crippen LogP contribution in [0.25, 0.3) is 0 Å². The Morgan fingerprint density at radius 1 is 1.29 bits per heavy atom. The second kappa shape index (κ2) is 5.32. The molecule has 1 saturated heterocycles. The molecule has 0 saturated carbocycles. The summed E-state index contributed by atoms with van der Waals surface area (Å²) in [5.41, 5.74) is 2.13. The molecule has 92 valence electrons. The fraction of sp³-hybridized carbons (Fsp3) is 0.500. The maximum Gasteiger partial charge on any atom is 0.314 e. The van der Waals surface area contributed by atoms with Crippen molar-refractivity contribution in [3.05, 3.63) is 29.3 Å². The zero-order chi connectivity index (χ0) is 12.3. The Hall–Kier alpha value is -1.35. The SMILES string of the molecule is Cc1ccc(C)c(OC(=O)C2CCNCC2)c1. The number of aryl methyl sites for hydroxylation is 2. The molecule has 0 bridgehead atoms. The van der Waals surface area contributed by atoms with Crippen molar-refractivity contribution in [1.82, 2.24) is 5.32 Å². The van der Waals surface area contributed by atoms with Crippen molar-refractivity contribution >= 4 is 5.97 Å². The molecule has 3 nitrogen and oxygen atoms in total. The van der Waals surface area contributed by atoms with Crippen LogP contribution >= 0.6 is 0 Å². The first-order valence-corrected chi connectivity index (χ1v) is 6.16. The summed E-state index contributed by atoms with van der Waals surface area (Å²) in [4.78, 5) is 12.0. The summed E-state index contributed by atoms with van der Waals surface area (Å²) in [7, 11) is 0. The van der Waals surface area contributed by atoms with Crippen LogP contribution in [0.4, 0.5) is 0 Å². The van der Waals surface area contributed by atoms with Gasteiger partial charge in [0.15, 0.2) is 0 Å². The number of hydrogen-bond donors (Lipinski definition) is 1. The third kappa shape index (κ3) is 3.07. The van der Waals surface area contributed by atoms with Gasteiger partial charge in [-0.2, -0.15) is 0 Å². The quantitative estimate of drug-likeness (QED) is 0.628. The number of rotatable bonds is 2. The van der Waals surface area contributed by atoms with Crippen LogP contribution in [0.15, 0.2) is 18.2 Å². The van der Waals surface area contributed by atoms with Gasteiger partial charge in [-0.3, -0.25) is 4.79 Å². The minimum absolute atomic E-state index is 0.0520. The summed E-state index contributed by atoms with van der Waals surface area (Å²) in [5, 5.41) is 3.25. The zero-order valence-corrected chi connectivity index (χ0v) is 10.5. The van der Waals surface area contributed by atoms with Crippen LogP contribution in [-0.2, 0) is 4.79 Å². The van der Waals surface area contributed by atoms with Crippen LogP contribution in [0.5, 0.6) is 5.75 Å². The molecule has 0 atom stereocenters. The van der Waals surface area contributed by atoms with Crippen LogP contribution < -0.4 is 10.1 Å². The fourth-order valence-electron chi connectivity index (χ4n) is 2.07. The Morgan fingerprint density at radius 3 is 2.71 bits per heavy atom. The summed E-state index contributed by atoms with van der Waals surface area (Å²) < 4.78 is 5.50. The van der Waals surface area contributed by atoms with Gasteiger partial charge in [-0.15, -0.1) is 0 Å². The number of carbonyl (C=O) groups excluding carboxylic acids is 1. The molecule has 0 aliphatic carbocycles. The minimum atomic E-state index is -0.0831. The van der Waals surface area contributed by atoms with E-state index in [4.69, 9.17) is 4.74 Å². The molecule has 2 rings (SSSR count). The molecular weight excluding hydrogens is 214 g/mol. The number of esters is 1. The number of ether oxygens (including phenoxy) is 1. The highest BCUT2D eigenvalue weighted by Crippen LogP contribution is 2.22. The van der Waals surface area contributed by atoms with Crippen molar-refractivity contribution in [2.45, 2.75) is 26.7 Å². The number of nitrogens with one attached hydrogen (secondary N) is 1. The monoisotopic (exact) mass is 233 g/mol. The van der Waals surface area contributed by atoms with Gasteiger partial charge in [-0.25, -0.2) is 0 Å². The number of carbonyl (C=O) groups is 1. The summed E-state index contributed by atoms with van der Waals surface area (Å²) >= 11 is 0. The molecule has 1 aromatic carbocycles. The molecule has 17 heavy (non-hydrogen) atoms. The first-order chi connectivity index (χ1) is 8.16. The molecule has 0 aromatic heterocycles. The van der Waals surface area contributed by atoms with Gasteiger partial charge in [0.25, 0.3) is 0 Å². The Kier molecular flexibility index (Phi) is 3.79. The third-order valence-electron chi connectivity index (χ3n) is 3.23. The van der Waals surface area contributed by atoms with Gasteiger partial charge in [-0.1, -0.05) is 12.1 Å². The van der Waals surface area contributed by atoms with E-state index in [2.05, 4.69) is 5.32 Å². The molecule has 1 N–H and O–H groups in total. The van der Waals surface area contributed by atoms with Gasteiger partial charge >= 0.3 is 5.97 Å². The largest absolute Gasteiger partial charge is 0.426 e. The Bertz CT molecular complexity index is 409. The van der Waals surface area contributed by atoms with E-state index in [0.717, 1.165) is 37.1 Å². The van der Waals surface area contributed by atoms with E-state index >= 15 is 0 Å². The van der Waals surface area contributed by atoms with Crippen molar-refractivity contribution in [2.75, 3.05) is 13.1 Å². The van der Waals surface area contributed by atoms with Gasteiger partial charge < -0.3 is 10.1 Å². The normalized spacial score (nSPS) is 16.8. The minimum Gasteiger partial charge on any atom is -0.426 e. The van der Waals surface area contributed by atoms with Crippen molar-refractivity contribution in [1.29, 1.82) is 0 Å². The van der Waals surface area contributed by atoms with Crippen LogP contribution in [0, 0.1) is 19.8 Å². The topological polar surface area (TPSA) is 38.3 Å². The van der Waals surface area contributed by atoms with Crippen molar-refractivity contribution in [2.24, 2.45) is 5.92 Å². The zero-order valence-electron chi connectivity index (χ0n) is 10.5. The maximum absolute atomic E-state index is 12.0. The van der Waals surface area contributed by atoms with Gasteiger partial charge in [0.1, 0.15) is 5.75 Å². The lowest BCUT2D eigenvalue weighted by atomic mass is 9.98. The highest BCUT2D eigenvalue weighted by atomic mass is 16.5. The summed E-state index contributed by atoms with van der Waals surface area (Å²) in [6.07, 6.45) is 1.76. The molecule has 1 aliphatic rings. The van der Waals surface area contributed by atoms with E-state index in [1.54, 1.807) is 0 Å². The van der Waals surface area contributed by atoms with Gasteiger partial charge in [0, 0.05) is 0 Å². The van der Waals surface area contributed by atoms with Gasteiger partial charge in [0.2, 0.25) is 0 Å². The molecule has 1 fully saturated rings. The van der Waals surface area contributed by atoms with Crippen LogP contribution in [-0.4, -0.2) is 19.1 Å². The van der Waals surface area contributed by atoms with E-state index in [-0.39, 0.29) is 11.9 Å². The van der Waals surface area contributed by atoms with Gasteiger partial charge in [0.05, 0.1) is 5.92 Å². The smallest absolute Gasteiger partial charge is 0.314 e. The molecule has 3 heteroatoms. The van der Waals surface area contributed by atoms with Crippen molar-refractivity contribution < 1.29 is 9.53 Å². The lowest BCUT2D eigenvalue weighted by Crippen LogP contribution is -2.33. The molecule has 0 radical (unpaired) electrons. The molecule has 0 spiro atoms. The van der Waals surface area contributed by atoms with Crippen molar-refractivity contribution in [3.63, 3.8) is 0 Å². The molecule has 1 aromatic rings. The highest BCUT2D eigenvalue weighted by Gasteiger charge is 2.23. The lowest BCUT2D eigenvalue weighted by molar-refractivity contribution is -0.139. The fourth-order valence-corrected chi connectivity index (χ4v) is 2.07. The summed E-state index contributed by atoms with van der Waals surface area (Å²) in [6.45, 7) is 5.78. The highest BCUT2D eigenvalue weighted by molar-refractivity contribution is 5.75. The number of hydrogen-bond acceptors (Lipinski definition) is 3. The molecule has 1 heterocycles. The predicted octanol–water partition coefficient (Wildman–Crippen LogP) is 2.21. The summed E-state index contributed by atoms with van der Waals surface area (Å²) in [6, 6.07) is 5.94. The summed E-state index contributed by atoms with van der Waals surface area (Å²) in [5.74, 6) is 0.671. The lowest BCUT2D eigenvalue weighted by Gasteiger charge is -2.21. The molecule has 1 aliphatic heterocycles. The number of piperidine rings is 1. The Balaban J connectivity index is 2.04. The average Bonchev–Trinajstić information content (AvgIpc) is 2.35. The first kappa shape index (κ1) is 12.1. The number of benzene rings is 1.